The Morgan fingerprint density at radius 2 is 2.21 bits per heavy atom. The van der Waals surface area contributed by atoms with Crippen molar-refractivity contribution in [2.45, 2.75) is 6.54 Å². The third-order valence-electron chi connectivity index (χ3n) is 3.76. The van der Waals surface area contributed by atoms with Gasteiger partial charge in [-0.25, -0.2) is 14.6 Å². The third kappa shape index (κ3) is 2.04. The second-order valence-electron chi connectivity index (χ2n) is 5.27. The standard InChI is InChI=1S/C15H11N7OS/c1-21-12-9(13-14(21)20-11(5-16)24-13)6-18-22(15(12)23)7-8-3-2-4-10(17)19-8/h2-4,6H,7H2,1H3,(H2,17,19). The number of pyridine rings is 1. The Labute approximate surface area is 139 Å². The van der Waals surface area contributed by atoms with Gasteiger partial charge in [0.1, 0.15) is 17.4 Å². The maximum atomic E-state index is 12.8. The zero-order valence-electron chi connectivity index (χ0n) is 12.6. The molecule has 118 valence electrons. The average Bonchev–Trinajstić information content (AvgIpc) is 3.10. The molecular weight excluding hydrogens is 326 g/mol. The van der Waals surface area contributed by atoms with Crippen LogP contribution in [0.1, 0.15) is 10.7 Å². The van der Waals surface area contributed by atoms with E-state index in [0.29, 0.717) is 33.1 Å². The zero-order chi connectivity index (χ0) is 16.8. The van der Waals surface area contributed by atoms with Gasteiger partial charge in [-0.05, 0) is 12.1 Å². The Bertz CT molecular complexity index is 1190. The molecule has 4 aromatic rings. The highest BCUT2D eigenvalue weighted by atomic mass is 32.1. The highest BCUT2D eigenvalue weighted by Crippen LogP contribution is 2.30. The molecular formula is C15H11N7OS. The molecule has 0 aromatic carbocycles. The molecule has 0 aliphatic carbocycles. The maximum Gasteiger partial charge on any atom is 0.291 e. The average molecular weight is 337 g/mol. The molecule has 0 saturated heterocycles. The van der Waals surface area contributed by atoms with Crippen LogP contribution in [0.3, 0.4) is 0 Å². The van der Waals surface area contributed by atoms with Crippen LogP contribution >= 0.6 is 11.3 Å². The number of anilines is 1. The number of aromatic nitrogens is 5. The lowest BCUT2D eigenvalue weighted by atomic mass is 10.3. The van der Waals surface area contributed by atoms with E-state index in [-0.39, 0.29) is 12.1 Å². The molecule has 8 nitrogen and oxygen atoms in total. The molecule has 2 N–H and O–H groups in total. The maximum absolute atomic E-state index is 12.8. The third-order valence-corrected chi connectivity index (χ3v) is 4.74. The summed E-state index contributed by atoms with van der Waals surface area (Å²) in [5, 5.41) is 14.3. The van der Waals surface area contributed by atoms with Crippen LogP contribution in [0.4, 0.5) is 5.82 Å². The van der Waals surface area contributed by atoms with Gasteiger partial charge in [-0.1, -0.05) is 6.07 Å². The van der Waals surface area contributed by atoms with E-state index < -0.39 is 0 Å². The Kier molecular flexibility index (Phi) is 3.07. The number of thiazole rings is 1. The van der Waals surface area contributed by atoms with Crippen LogP contribution in [0.2, 0.25) is 0 Å². The predicted molar refractivity (Wildman–Crippen MR) is 90.6 cm³/mol. The Hall–Kier alpha value is -3.25. The lowest BCUT2D eigenvalue weighted by molar-refractivity contribution is 0.633. The largest absolute Gasteiger partial charge is 0.384 e. The number of nitriles is 1. The minimum atomic E-state index is -0.233. The van der Waals surface area contributed by atoms with Gasteiger partial charge in [-0.3, -0.25) is 4.79 Å². The van der Waals surface area contributed by atoms with Gasteiger partial charge in [0.2, 0.25) is 0 Å². The fraction of sp³-hybridized carbons (Fsp3) is 0.133. The lowest BCUT2D eigenvalue weighted by Gasteiger charge is -2.05. The molecule has 4 aromatic heterocycles. The molecule has 0 atom stereocenters. The van der Waals surface area contributed by atoms with E-state index in [4.69, 9.17) is 11.0 Å². The van der Waals surface area contributed by atoms with E-state index in [1.54, 1.807) is 36.0 Å². The highest BCUT2D eigenvalue weighted by Gasteiger charge is 2.18. The van der Waals surface area contributed by atoms with Crippen molar-refractivity contribution >= 4 is 38.4 Å². The van der Waals surface area contributed by atoms with Crippen LogP contribution in [0.5, 0.6) is 0 Å². The van der Waals surface area contributed by atoms with E-state index >= 15 is 0 Å². The van der Waals surface area contributed by atoms with Crippen molar-refractivity contribution in [1.82, 2.24) is 24.3 Å². The minimum absolute atomic E-state index is 0.232. The normalized spacial score (nSPS) is 11.2. The van der Waals surface area contributed by atoms with Gasteiger partial charge >= 0.3 is 0 Å². The number of fused-ring (bicyclic) bond motifs is 3. The van der Waals surface area contributed by atoms with Gasteiger partial charge in [0.05, 0.1) is 23.1 Å². The van der Waals surface area contributed by atoms with Crippen molar-refractivity contribution in [3.8, 4) is 6.07 Å². The number of nitrogen functional groups attached to an aromatic ring is 1. The molecule has 0 bridgehead atoms. The van der Waals surface area contributed by atoms with E-state index in [1.165, 1.54) is 16.0 Å². The summed E-state index contributed by atoms with van der Waals surface area (Å²) < 4.78 is 3.84. The minimum Gasteiger partial charge on any atom is -0.384 e. The fourth-order valence-electron chi connectivity index (χ4n) is 2.69. The molecule has 24 heavy (non-hydrogen) atoms. The first-order valence-electron chi connectivity index (χ1n) is 7.05. The van der Waals surface area contributed by atoms with Crippen molar-refractivity contribution in [3.63, 3.8) is 0 Å². The molecule has 0 unspecified atom stereocenters. The van der Waals surface area contributed by atoms with Crippen molar-refractivity contribution in [2.24, 2.45) is 7.05 Å². The topological polar surface area (TPSA) is 115 Å². The highest BCUT2D eigenvalue weighted by molar-refractivity contribution is 7.20. The molecule has 9 heteroatoms. The van der Waals surface area contributed by atoms with E-state index in [2.05, 4.69) is 15.1 Å². The number of hydrogen-bond donors (Lipinski definition) is 1. The van der Waals surface area contributed by atoms with Gasteiger partial charge < -0.3 is 10.3 Å². The monoisotopic (exact) mass is 337 g/mol. The van der Waals surface area contributed by atoms with Gasteiger partial charge in [-0.15, -0.1) is 11.3 Å². The van der Waals surface area contributed by atoms with Crippen LogP contribution in [0.25, 0.3) is 21.3 Å². The number of nitrogens with two attached hydrogens (primary N) is 1. The first kappa shape index (κ1) is 14.3. The Morgan fingerprint density at radius 3 is 2.96 bits per heavy atom. The lowest BCUT2D eigenvalue weighted by Crippen LogP contribution is -2.25. The van der Waals surface area contributed by atoms with Gasteiger partial charge in [-0.2, -0.15) is 10.4 Å². The predicted octanol–water partition coefficient (Wildman–Crippen LogP) is 1.24. The molecule has 4 heterocycles. The van der Waals surface area contributed by atoms with Crippen LogP contribution in [-0.2, 0) is 13.6 Å². The fourth-order valence-corrected chi connectivity index (χ4v) is 3.59. The molecule has 0 radical (unpaired) electrons. The van der Waals surface area contributed by atoms with E-state index in [0.717, 1.165) is 4.70 Å². The number of rotatable bonds is 2. The van der Waals surface area contributed by atoms with Crippen molar-refractivity contribution in [1.29, 1.82) is 5.26 Å². The number of aryl methyl sites for hydroxylation is 1. The molecule has 0 aliphatic rings. The SMILES string of the molecule is Cn1c2nc(C#N)sc2c2cnn(Cc3cccc(N)n3)c(=O)c21. The van der Waals surface area contributed by atoms with Gasteiger partial charge in [0, 0.05) is 12.4 Å². The van der Waals surface area contributed by atoms with E-state index in [1.807, 2.05) is 6.07 Å². The second-order valence-corrected chi connectivity index (χ2v) is 6.27. The molecule has 0 saturated carbocycles. The van der Waals surface area contributed by atoms with Gasteiger partial charge in [0.25, 0.3) is 5.56 Å². The summed E-state index contributed by atoms with van der Waals surface area (Å²) in [5.74, 6) is 0.397. The Morgan fingerprint density at radius 1 is 1.38 bits per heavy atom. The molecule has 0 amide bonds. The van der Waals surface area contributed by atoms with Crippen molar-refractivity contribution < 1.29 is 0 Å². The summed E-state index contributed by atoms with van der Waals surface area (Å²) >= 11 is 1.26. The second kappa shape index (κ2) is 5.14. The van der Waals surface area contributed by atoms with E-state index in [9.17, 15) is 4.79 Å². The number of nitrogens with zero attached hydrogens (tertiary/aromatic N) is 6. The molecule has 0 fully saturated rings. The quantitative estimate of drug-likeness (QED) is 0.588. The van der Waals surface area contributed by atoms with Gasteiger partial charge in [0.15, 0.2) is 10.7 Å². The summed E-state index contributed by atoms with van der Waals surface area (Å²) in [6, 6.07) is 7.29. The van der Waals surface area contributed by atoms with Crippen LogP contribution < -0.4 is 11.3 Å². The van der Waals surface area contributed by atoms with Crippen LogP contribution in [-0.4, -0.2) is 24.3 Å². The summed E-state index contributed by atoms with van der Waals surface area (Å²) in [7, 11) is 1.76. The summed E-state index contributed by atoms with van der Waals surface area (Å²) in [5.41, 5.74) is 7.22. The van der Waals surface area contributed by atoms with Crippen LogP contribution in [0, 0.1) is 11.3 Å². The summed E-state index contributed by atoms with van der Waals surface area (Å²) in [6.07, 6.45) is 1.63. The first-order valence-corrected chi connectivity index (χ1v) is 7.86. The molecule has 4 rings (SSSR count). The molecule has 0 spiro atoms. The first-order chi connectivity index (χ1) is 11.6. The summed E-state index contributed by atoms with van der Waals surface area (Å²) in [6.45, 7) is 0.232. The van der Waals surface area contributed by atoms with Crippen LogP contribution in [0.15, 0.2) is 29.2 Å². The van der Waals surface area contributed by atoms with Crippen molar-refractivity contribution in [2.75, 3.05) is 5.73 Å². The number of hydrogen-bond acceptors (Lipinski definition) is 7. The zero-order valence-corrected chi connectivity index (χ0v) is 13.4. The summed E-state index contributed by atoms with van der Waals surface area (Å²) in [4.78, 5) is 21.2. The Balaban J connectivity index is 1.91. The molecule has 0 aliphatic heterocycles. The van der Waals surface area contributed by atoms with Crippen molar-refractivity contribution in [3.05, 3.63) is 45.5 Å². The smallest absolute Gasteiger partial charge is 0.291 e.